The van der Waals surface area contributed by atoms with Crippen LogP contribution in [0.4, 0.5) is 5.82 Å². The van der Waals surface area contributed by atoms with Gasteiger partial charge in [0.1, 0.15) is 5.75 Å². The van der Waals surface area contributed by atoms with E-state index < -0.39 is 0 Å². The molecule has 110 valence electrons. The first-order valence-electron chi connectivity index (χ1n) is 7.16. The molecule has 0 spiro atoms. The Morgan fingerprint density at radius 3 is 2.67 bits per heavy atom. The maximum atomic E-state index is 5.93. The van der Waals surface area contributed by atoms with Crippen LogP contribution in [0.2, 0.25) is 0 Å². The SMILES string of the molecule is COc1ccc(-c2ccc(N3CCC(N)C3)nn2)cc1C. The van der Waals surface area contributed by atoms with Crippen molar-refractivity contribution in [2.75, 3.05) is 25.1 Å². The zero-order valence-corrected chi connectivity index (χ0v) is 12.4. The molecule has 0 saturated carbocycles. The number of anilines is 1. The molecular weight excluding hydrogens is 264 g/mol. The van der Waals surface area contributed by atoms with E-state index in [1.54, 1.807) is 7.11 Å². The van der Waals surface area contributed by atoms with E-state index in [1.165, 1.54) is 0 Å². The number of nitrogens with zero attached hydrogens (tertiary/aromatic N) is 3. The molecule has 2 heterocycles. The lowest BCUT2D eigenvalue weighted by molar-refractivity contribution is 0.412. The number of rotatable bonds is 3. The summed E-state index contributed by atoms with van der Waals surface area (Å²) in [4.78, 5) is 2.18. The van der Waals surface area contributed by atoms with Gasteiger partial charge in [-0.15, -0.1) is 10.2 Å². The molecule has 1 saturated heterocycles. The van der Waals surface area contributed by atoms with Crippen molar-refractivity contribution in [1.82, 2.24) is 10.2 Å². The van der Waals surface area contributed by atoms with Crippen LogP contribution in [0.3, 0.4) is 0 Å². The average molecular weight is 284 g/mol. The first-order chi connectivity index (χ1) is 10.2. The summed E-state index contributed by atoms with van der Waals surface area (Å²) < 4.78 is 5.28. The highest BCUT2D eigenvalue weighted by Gasteiger charge is 2.20. The summed E-state index contributed by atoms with van der Waals surface area (Å²) in [5, 5.41) is 8.67. The third-order valence-electron chi connectivity index (χ3n) is 3.89. The van der Waals surface area contributed by atoms with Gasteiger partial charge >= 0.3 is 0 Å². The fourth-order valence-electron chi connectivity index (χ4n) is 2.68. The molecule has 2 N–H and O–H groups in total. The number of aromatic nitrogens is 2. The number of hydrogen-bond acceptors (Lipinski definition) is 5. The second-order valence-corrected chi connectivity index (χ2v) is 5.46. The molecule has 5 heteroatoms. The summed E-state index contributed by atoms with van der Waals surface area (Å²) in [5.74, 6) is 1.78. The van der Waals surface area contributed by atoms with E-state index in [0.717, 1.165) is 47.9 Å². The molecule has 1 aromatic heterocycles. The quantitative estimate of drug-likeness (QED) is 0.934. The van der Waals surface area contributed by atoms with Crippen molar-refractivity contribution in [1.29, 1.82) is 0 Å². The highest BCUT2D eigenvalue weighted by atomic mass is 16.5. The Labute approximate surface area is 124 Å². The van der Waals surface area contributed by atoms with E-state index in [2.05, 4.69) is 21.2 Å². The van der Waals surface area contributed by atoms with E-state index in [4.69, 9.17) is 10.5 Å². The Bertz CT molecular complexity index is 627. The van der Waals surface area contributed by atoms with Crippen LogP contribution in [-0.4, -0.2) is 36.4 Å². The topological polar surface area (TPSA) is 64.3 Å². The normalized spacial score (nSPS) is 18.0. The third kappa shape index (κ3) is 2.83. The van der Waals surface area contributed by atoms with E-state index >= 15 is 0 Å². The van der Waals surface area contributed by atoms with Gasteiger partial charge in [0.15, 0.2) is 5.82 Å². The molecule has 1 atom stereocenters. The third-order valence-corrected chi connectivity index (χ3v) is 3.89. The van der Waals surface area contributed by atoms with Crippen molar-refractivity contribution in [3.63, 3.8) is 0 Å². The lowest BCUT2D eigenvalue weighted by atomic mass is 10.1. The number of hydrogen-bond donors (Lipinski definition) is 1. The fraction of sp³-hybridized carbons (Fsp3) is 0.375. The van der Waals surface area contributed by atoms with Crippen LogP contribution >= 0.6 is 0 Å². The maximum Gasteiger partial charge on any atom is 0.151 e. The van der Waals surface area contributed by atoms with Gasteiger partial charge in [-0.25, -0.2) is 0 Å². The van der Waals surface area contributed by atoms with Crippen molar-refractivity contribution in [3.8, 4) is 17.0 Å². The molecule has 0 bridgehead atoms. The smallest absolute Gasteiger partial charge is 0.151 e. The van der Waals surface area contributed by atoms with E-state index in [9.17, 15) is 0 Å². The molecular formula is C16H20N4O. The number of aryl methyl sites for hydroxylation is 1. The molecule has 0 amide bonds. The number of nitrogens with two attached hydrogens (primary N) is 1. The highest BCUT2D eigenvalue weighted by Crippen LogP contribution is 2.25. The van der Waals surface area contributed by atoms with Crippen LogP contribution in [0.15, 0.2) is 30.3 Å². The van der Waals surface area contributed by atoms with Crippen LogP contribution in [0.1, 0.15) is 12.0 Å². The van der Waals surface area contributed by atoms with Gasteiger partial charge in [-0.3, -0.25) is 0 Å². The Hall–Kier alpha value is -2.14. The van der Waals surface area contributed by atoms with Crippen LogP contribution in [0.25, 0.3) is 11.3 Å². The van der Waals surface area contributed by atoms with Crippen LogP contribution < -0.4 is 15.4 Å². The molecule has 1 aliphatic rings. The Morgan fingerprint density at radius 2 is 2.10 bits per heavy atom. The zero-order valence-electron chi connectivity index (χ0n) is 12.4. The summed E-state index contributed by atoms with van der Waals surface area (Å²) in [6, 6.07) is 10.3. The minimum atomic E-state index is 0.246. The molecule has 1 aliphatic heterocycles. The van der Waals surface area contributed by atoms with Crippen LogP contribution in [0.5, 0.6) is 5.75 Å². The summed E-state index contributed by atoms with van der Waals surface area (Å²) in [6.07, 6.45) is 1.01. The molecule has 1 unspecified atom stereocenters. The van der Waals surface area contributed by atoms with Crippen molar-refractivity contribution < 1.29 is 4.74 Å². The molecule has 1 aromatic carbocycles. The predicted octanol–water partition coefficient (Wildman–Crippen LogP) is 2.00. The molecule has 0 aliphatic carbocycles. The number of benzene rings is 1. The largest absolute Gasteiger partial charge is 0.496 e. The molecule has 1 fully saturated rings. The van der Waals surface area contributed by atoms with Crippen LogP contribution in [0, 0.1) is 6.92 Å². The van der Waals surface area contributed by atoms with Crippen molar-refractivity contribution in [2.24, 2.45) is 5.73 Å². The van der Waals surface area contributed by atoms with Crippen molar-refractivity contribution >= 4 is 5.82 Å². The summed E-state index contributed by atoms with van der Waals surface area (Å²) in [7, 11) is 1.68. The average Bonchev–Trinajstić information content (AvgIpc) is 2.94. The van der Waals surface area contributed by atoms with E-state index in [0.29, 0.717) is 0 Å². The minimum Gasteiger partial charge on any atom is -0.496 e. The van der Waals surface area contributed by atoms with E-state index in [-0.39, 0.29) is 6.04 Å². The van der Waals surface area contributed by atoms with Gasteiger partial charge in [-0.1, -0.05) is 0 Å². The second-order valence-electron chi connectivity index (χ2n) is 5.46. The molecule has 0 radical (unpaired) electrons. The predicted molar refractivity (Wildman–Crippen MR) is 83.6 cm³/mol. The molecule has 5 nitrogen and oxygen atoms in total. The van der Waals surface area contributed by atoms with Gasteiger partial charge in [0.05, 0.1) is 12.8 Å². The second kappa shape index (κ2) is 5.69. The maximum absolute atomic E-state index is 5.93. The summed E-state index contributed by atoms with van der Waals surface area (Å²) >= 11 is 0. The molecule has 2 aromatic rings. The van der Waals surface area contributed by atoms with Gasteiger partial charge in [0.2, 0.25) is 0 Å². The monoisotopic (exact) mass is 284 g/mol. The van der Waals surface area contributed by atoms with Gasteiger partial charge in [-0.05, 0) is 49.2 Å². The van der Waals surface area contributed by atoms with Gasteiger partial charge < -0.3 is 15.4 Å². The Kier molecular flexibility index (Phi) is 3.75. The van der Waals surface area contributed by atoms with Crippen molar-refractivity contribution in [3.05, 3.63) is 35.9 Å². The lowest BCUT2D eigenvalue weighted by Crippen LogP contribution is -2.27. The minimum absolute atomic E-state index is 0.246. The lowest BCUT2D eigenvalue weighted by Gasteiger charge is -2.16. The Balaban J connectivity index is 1.82. The van der Waals surface area contributed by atoms with Gasteiger partial charge in [0.25, 0.3) is 0 Å². The van der Waals surface area contributed by atoms with Gasteiger partial charge in [-0.2, -0.15) is 0 Å². The van der Waals surface area contributed by atoms with E-state index in [1.807, 2.05) is 31.2 Å². The number of ether oxygens (including phenoxy) is 1. The standard InChI is InChI=1S/C16H20N4O/c1-11-9-12(3-5-15(11)21-2)14-4-6-16(19-18-14)20-8-7-13(17)10-20/h3-6,9,13H,7-8,10,17H2,1-2H3. The summed E-state index contributed by atoms with van der Waals surface area (Å²) in [6.45, 7) is 3.84. The zero-order chi connectivity index (χ0) is 14.8. The first-order valence-corrected chi connectivity index (χ1v) is 7.16. The van der Waals surface area contributed by atoms with Crippen molar-refractivity contribution in [2.45, 2.75) is 19.4 Å². The Morgan fingerprint density at radius 1 is 1.24 bits per heavy atom. The highest BCUT2D eigenvalue weighted by molar-refractivity contribution is 5.62. The first kappa shape index (κ1) is 13.8. The molecule has 3 rings (SSSR count). The fourth-order valence-corrected chi connectivity index (χ4v) is 2.68. The van der Waals surface area contributed by atoms with Gasteiger partial charge in [0, 0.05) is 24.7 Å². The van der Waals surface area contributed by atoms with Crippen LogP contribution in [-0.2, 0) is 0 Å². The number of methoxy groups -OCH3 is 1. The summed E-state index contributed by atoms with van der Waals surface area (Å²) in [5.41, 5.74) is 8.93. The molecule has 21 heavy (non-hydrogen) atoms.